The van der Waals surface area contributed by atoms with Crippen LogP contribution < -0.4 is 0 Å². The topological polar surface area (TPSA) is 66.8 Å². The van der Waals surface area contributed by atoms with Gasteiger partial charge in [-0.25, -0.2) is 0 Å². The molecule has 0 spiro atoms. The fourth-order valence-corrected chi connectivity index (χ4v) is 4.00. The first kappa shape index (κ1) is 17.0. The molecule has 1 heterocycles. The van der Waals surface area contributed by atoms with Gasteiger partial charge in [0.05, 0.1) is 6.61 Å². The average Bonchev–Trinajstić information content (AvgIpc) is 3.35. The van der Waals surface area contributed by atoms with Crippen LogP contribution in [-0.2, 0) is 14.3 Å². The summed E-state index contributed by atoms with van der Waals surface area (Å²) in [6.07, 6.45) is 2.14. The fourth-order valence-electron chi connectivity index (χ4n) is 4.00. The fraction of sp³-hybridized carbons (Fsp3) is 0.579. The summed E-state index contributed by atoms with van der Waals surface area (Å²) >= 11 is 0. The first-order valence-electron chi connectivity index (χ1n) is 8.55. The summed E-state index contributed by atoms with van der Waals surface area (Å²) in [6.45, 7) is 3.13. The van der Waals surface area contributed by atoms with Gasteiger partial charge in [0.1, 0.15) is 5.41 Å². The third-order valence-corrected chi connectivity index (χ3v) is 5.46. The Kier molecular flexibility index (Phi) is 4.63. The van der Waals surface area contributed by atoms with Crippen molar-refractivity contribution >= 4 is 11.9 Å². The number of hydrogen-bond donors (Lipinski definition) is 1. The standard InChI is InChI=1S/C19H25NO4/c1-13-6-3-4-7-14(13)15-10-16(15)17(21)20-9-5-8-19(11-20,12-24-2)18(22)23/h3-4,6-7,15-16H,5,8-12H2,1-2H3,(H,22,23). The van der Waals surface area contributed by atoms with E-state index in [0.717, 1.165) is 6.42 Å². The van der Waals surface area contributed by atoms with Gasteiger partial charge in [-0.15, -0.1) is 0 Å². The average molecular weight is 331 g/mol. The Morgan fingerprint density at radius 3 is 2.79 bits per heavy atom. The second kappa shape index (κ2) is 6.55. The van der Waals surface area contributed by atoms with Crippen molar-refractivity contribution in [1.82, 2.24) is 4.90 Å². The van der Waals surface area contributed by atoms with E-state index in [-0.39, 0.29) is 30.9 Å². The van der Waals surface area contributed by atoms with Gasteiger partial charge in [-0.05, 0) is 43.2 Å². The largest absolute Gasteiger partial charge is 0.481 e. The molecular formula is C19H25NO4. The van der Waals surface area contributed by atoms with Crippen molar-refractivity contribution in [3.8, 4) is 0 Å². The molecule has 1 N–H and O–H groups in total. The zero-order valence-corrected chi connectivity index (χ0v) is 14.3. The number of rotatable bonds is 5. The molecule has 5 heteroatoms. The molecule has 0 aromatic heterocycles. The highest BCUT2D eigenvalue weighted by molar-refractivity contribution is 5.84. The minimum absolute atomic E-state index is 0.00163. The van der Waals surface area contributed by atoms with Crippen LogP contribution in [0.2, 0.25) is 0 Å². The Morgan fingerprint density at radius 2 is 2.12 bits per heavy atom. The highest BCUT2D eigenvalue weighted by Gasteiger charge is 2.50. The molecule has 130 valence electrons. The quantitative estimate of drug-likeness (QED) is 0.900. The summed E-state index contributed by atoms with van der Waals surface area (Å²) in [5.74, 6) is -0.488. The van der Waals surface area contributed by atoms with Crippen molar-refractivity contribution < 1.29 is 19.4 Å². The first-order chi connectivity index (χ1) is 11.5. The molecule has 2 aliphatic rings. The molecule has 1 saturated carbocycles. The van der Waals surface area contributed by atoms with Gasteiger partial charge in [-0.3, -0.25) is 9.59 Å². The number of methoxy groups -OCH3 is 1. The van der Waals surface area contributed by atoms with Crippen LogP contribution in [-0.4, -0.2) is 48.7 Å². The van der Waals surface area contributed by atoms with Crippen LogP contribution in [0.1, 0.15) is 36.3 Å². The molecule has 3 atom stereocenters. The lowest BCUT2D eigenvalue weighted by molar-refractivity contribution is -0.159. The number of carboxylic acids is 1. The lowest BCUT2D eigenvalue weighted by atomic mass is 9.80. The van der Waals surface area contributed by atoms with Gasteiger partial charge >= 0.3 is 5.97 Å². The molecule has 1 amide bonds. The van der Waals surface area contributed by atoms with Crippen LogP contribution >= 0.6 is 0 Å². The van der Waals surface area contributed by atoms with E-state index in [1.165, 1.54) is 18.2 Å². The number of carbonyl (C=O) groups excluding carboxylic acids is 1. The van der Waals surface area contributed by atoms with E-state index < -0.39 is 11.4 Å². The number of likely N-dealkylation sites (tertiary alicyclic amines) is 1. The summed E-state index contributed by atoms with van der Waals surface area (Å²) in [7, 11) is 1.51. The van der Waals surface area contributed by atoms with E-state index in [0.29, 0.717) is 19.4 Å². The number of hydrogen-bond acceptors (Lipinski definition) is 3. The smallest absolute Gasteiger partial charge is 0.313 e. The normalized spacial score (nSPS) is 29.3. The van der Waals surface area contributed by atoms with Crippen LogP contribution in [0.25, 0.3) is 0 Å². The number of aryl methyl sites for hydroxylation is 1. The molecule has 1 aromatic carbocycles. The maximum Gasteiger partial charge on any atom is 0.313 e. The van der Waals surface area contributed by atoms with E-state index in [1.54, 1.807) is 4.90 Å². The molecule has 5 nitrogen and oxygen atoms in total. The van der Waals surface area contributed by atoms with Crippen molar-refractivity contribution in [2.24, 2.45) is 11.3 Å². The van der Waals surface area contributed by atoms with Crippen molar-refractivity contribution in [1.29, 1.82) is 0 Å². The van der Waals surface area contributed by atoms with E-state index in [1.807, 2.05) is 12.1 Å². The summed E-state index contributed by atoms with van der Waals surface area (Å²) in [6, 6.07) is 8.19. The number of aliphatic carboxylic acids is 1. The Bertz CT molecular complexity index is 640. The Balaban J connectivity index is 1.70. The van der Waals surface area contributed by atoms with Crippen LogP contribution in [0.4, 0.5) is 0 Å². The van der Waals surface area contributed by atoms with Crippen molar-refractivity contribution in [3.05, 3.63) is 35.4 Å². The number of ether oxygens (including phenoxy) is 1. The summed E-state index contributed by atoms with van der Waals surface area (Å²) in [5, 5.41) is 9.62. The maximum absolute atomic E-state index is 12.9. The molecule has 1 aliphatic carbocycles. The van der Waals surface area contributed by atoms with Gasteiger partial charge < -0.3 is 14.7 Å². The molecule has 1 aromatic rings. The van der Waals surface area contributed by atoms with Gasteiger partial charge in [0.25, 0.3) is 0 Å². The van der Waals surface area contributed by atoms with Crippen LogP contribution in [0, 0.1) is 18.3 Å². The SMILES string of the molecule is COCC1(C(=O)O)CCCN(C(=O)C2CC2c2ccccc2C)C1. The Labute approximate surface area is 142 Å². The molecule has 3 unspecified atom stereocenters. The lowest BCUT2D eigenvalue weighted by Crippen LogP contribution is -2.52. The molecule has 24 heavy (non-hydrogen) atoms. The van der Waals surface area contributed by atoms with E-state index in [2.05, 4.69) is 19.1 Å². The monoisotopic (exact) mass is 331 g/mol. The number of benzene rings is 1. The highest BCUT2D eigenvalue weighted by atomic mass is 16.5. The first-order valence-corrected chi connectivity index (χ1v) is 8.55. The van der Waals surface area contributed by atoms with Gasteiger partial charge in [0, 0.05) is 26.1 Å². The Morgan fingerprint density at radius 1 is 1.38 bits per heavy atom. The maximum atomic E-state index is 12.9. The summed E-state index contributed by atoms with van der Waals surface area (Å²) in [4.78, 5) is 26.3. The molecule has 0 radical (unpaired) electrons. The number of carboxylic acid groups (broad SMARTS) is 1. The number of piperidine rings is 1. The van der Waals surface area contributed by atoms with Gasteiger partial charge in [0.15, 0.2) is 0 Å². The van der Waals surface area contributed by atoms with E-state index in [9.17, 15) is 14.7 Å². The number of carbonyl (C=O) groups is 2. The second-order valence-corrected chi connectivity index (χ2v) is 7.19. The number of nitrogens with zero attached hydrogens (tertiary/aromatic N) is 1. The highest BCUT2D eigenvalue weighted by Crippen LogP contribution is 2.50. The number of amides is 1. The summed E-state index contributed by atoms with van der Waals surface area (Å²) in [5.41, 5.74) is 1.50. The second-order valence-electron chi connectivity index (χ2n) is 7.19. The minimum Gasteiger partial charge on any atom is -0.481 e. The van der Waals surface area contributed by atoms with Gasteiger partial charge in [-0.1, -0.05) is 24.3 Å². The summed E-state index contributed by atoms with van der Waals surface area (Å²) < 4.78 is 5.14. The molecule has 2 fully saturated rings. The predicted octanol–water partition coefficient (Wildman–Crippen LogP) is 2.44. The lowest BCUT2D eigenvalue weighted by Gasteiger charge is -2.39. The van der Waals surface area contributed by atoms with E-state index >= 15 is 0 Å². The van der Waals surface area contributed by atoms with E-state index in [4.69, 9.17) is 4.74 Å². The zero-order chi connectivity index (χ0) is 17.3. The third-order valence-electron chi connectivity index (χ3n) is 5.46. The van der Waals surface area contributed by atoms with Crippen molar-refractivity contribution in [2.75, 3.05) is 26.8 Å². The minimum atomic E-state index is -0.963. The Hall–Kier alpha value is -1.88. The zero-order valence-electron chi connectivity index (χ0n) is 14.3. The van der Waals surface area contributed by atoms with Gasteiger partial charge in [0.2, 0.25) is 5.91 Å². The van der Waals surface area contributed by atoms with Crippen LogP contribution in [0.3, 0.4) is 0 Å². The van der Waals surface area contributed by atoms with Crippen molar-refractivity contribution in [2.45, 2.75) is 32.1 Å². The molecule has 1 aliphatic heterocycles. The van der Waals surface area contributed by atoms with Gasteiger partial charge in [-0.2, -0.15) is 0 Å². The van der Waals surface area contributed by atoms with Crippen LogP contribution in [0.15, 0.2) is 24.3 Å². The molecule has 0 bridgehead atoms. The van der Waals surface area contributed by atoms with Crippen molar-refractivity contribution in [3.63, 3.8) is 0 Å². The molecular weight excluding hydrogens is 306 g/mol. The molecule has 1 saturated heterocycles. The molecule has 3 rings (SSSR count). The third kappa shape index (κ3) is 3.05. The predicted molar refractivity (Wildman–Crippen MR) is 89.8 cm³/mol. The van der Waals surface area contributed by atoms with Crippen LogP contribution in [0.5, 0.6) is 0 Å².